The van der Waals surface area contributed by atoms with E-state index < -0.39 is 6.04 Å². The van der Waals surface area contributed by atoms with Crippen LogP contribution in [0, 0.1) is 4.91 Å². The van der Waals surface area contributed by atoms with Crippen LogP contribution in [0.1, 0.15) is 20.3 Å². The van der Waals surface area contributed by atoms with Gasteiger partial charge in [0.25, 0.3) is 0 Å². The maximum atomic E-state index is 11.1. The number of amides is 1. The highest BCUT2D eigenvalue weighted by Crippen LogP contribution is 2.38. The Morgan fingerprint density at radius 1 is 1.69 bits per heavy atom. The third-order valence-electron chi connectivity index (χ3n) is 2.28. The molecule has 0 bridgehead atoms. The van der Waals surface area contributed by atoms with E-state index in [0.29, 0.717) is 6.42 Å². The number of epoxide rings is 1. The normalized spacial score (nSPS) is 26.2. The van der Waals surface area contributed by atoms with Crippen molar-refractivity contribution in [2.75, 3.05) is 7.05 Å². The van der Waals surface area contributed by atoms with Crippen LogP contribution in [-0.4, -0.2) is 30.7 Å². The molecule has 1 fully saturated rings. The number of carbonyl (C=O) groups excluding carboxylic acids is 1. The lowest BCUT2D eigenvalue weighted by atomic mass is 10.0. The van der Waals surface area contributed by atoms with Gasteiger partial charge in [-0.15, -0.1) is 4.91 Å². The minimum atomic E-state index is -0.822. The van der Waals surface area contributed by atoms with Gasteiger partial charge in [-0.1, -0.05) is 5.18 Å². The van der Waals surface area contributed by atoms with Crippen molar-refractivity contribution in [2.24, 2.45) is 5.18 Å². The number of nitroso groups, excluding NO2 is 1. The maximum Gasteiger partial charge on any atom is 0.248 e. The third kappa shape index (κ3) is 2.24. The van der Waals surface area contributed by atoms with Gasteiger partial charge in [0.1, 0.15) is 0 Å². The molecule has 1 amide bonds. The molecule has 1 N–H and O–H groups in total. The predicted octanol–water partition coefficient (Wildman–Crippen LogP) is 0.435. The molecule has 1 heterocycles. The molecule has 0 spiro atoms. The summed E-state index contributed by atoms with van der Waals surface area (Å²) in [6.45, 7) is 3.84. The summed E-state index contributed by atoms with van der Waals surface area (Å²) in [5, 5.41) is 5.15. The Kier molecular flexibility index (Phi) is 2.66. The molecule has 2 unspecified atom stereocenters. The fraction of sp³-hybridized carbons (Fsp3) is 0.875. The highest BCUT2D eigenvalue weighted by atomic mass is 16.6. The number of nitrogens with one attached hydrogen (secondary N) is 1. The lowest BCUT2D eigenvalue weighted by molar-refractivity contribution is -0.122. The van der Waals surface area contributed by atoms with Gasteiger partial charge in [-0.3, -0.25) is 4.79 Å². The van der Waals surface area contributed by atoms with Gasteiger partial charge >= 0.3 is 0 Å². The summed E-state index contributed by atoms with van der Waals surface area (Å²) in [7, 11) is 1.49. The SMILES string of the molecule is CNC(=O)C(CC1OC1(C)C)N=O. The van der Waals surface area contributed by atoms with Crippen LogP contribution in [-0.2, 0) is 9.53 Å². The molecule has 1 rings (SSSR count). The molecule has 0 aromatic rings. The van der Waals surface area contributed by atoms with E-state index in [1.54, 1.807) is 0 Å². The van der Waals surface area contributed by atoms with Crippen molar-refractivity contribution >= 4 is 5.91 Å². The van der Waals surface area contributed by atoms with E-state index in [4.69, 9.17) is 4.74 Å². The highest BCUT2D eigenvalue weighted by Gasteiger charge is 2.49. The first-order valence-corrected chi connectivity index (χ1v) is 4.23. The number of ether oxygens (including phenoxy) is 1. The number of rotatable bonds is 4. The monoisotopic (exact) mass is 186 g/mol. The minimum Gasteiger partial charge on any atom is -0.367 e. The Hall–Kier alpha value is -0.970. The molecule has 2 atom stereocenters. The van der Waals surface area contributed by atoms with Gasteiger partial charge in [-0.25, -0.2) is 0 Å². The van der Waals surface area contributed by atoms with Crippen LogP contribution in [0.15, 0.2) is 5.18 Å². The first-order valence-electron chi connectivity index (χ1n) is 4.23. The number of likely N-dealkylation sites (N-methyl/N-ethyl adjacent to an activating group) is 1. The van der Waals surface area contributed by atoms with Gasteiger partial charge in [-0.2, -0.15) is 0 Å². The summed E-state index contributed by atoms with van der Waals surface area (Å²) in [5.74, 6) is -0.346. The topological polar surface area (TPSA) is 71.1 Å². The van der Waals surface area contributed by atoms with Crippen molar-refractivity contribution in [2.45, 2.75) is 38.0 Å². The van der Waals surface area contributed by atoms with Crippen LogP contribution >= 0.6 is 0 Å². The first kappa shape index (κ1) is 10.1. The van der Waals surface area contributed by atoms with Crippen molar-refractivity contribution in [1.82, 2.24) is 5.32 Å². The Balaban J connectivity index is 2.42. The fourth-order valence-corrected chi connectivity index (χ4v) is 1.23. The number of carbonyl (C=O) groups is 1. The van der Waals surface area contributed by atoms with Crippen LogP contribution in [0.25, 0.3) is 0 Å². The van der Waals surface area contributed by atoms with E-state index in [2.05, 4.69) is 10.5 Å². The van der Waals surface area contributed by atoms with Gasteiger partial charge < -0.3 is 10.1 Å². The van der Waals surface area contributed by atoms with Crippen LogP contribution in [0.5, 0.6) is 0 Å². The lowest BCUT2D eigenvalue weighted by Crippen LogP contribution is -2.31. The van der Waals surface area contributed by atoms with Crippen molar-refractivity contribution in [3.05, 3.63) is 4.91 Å². The Morgan fingerprint density at radius 3 is 2.54 bits per heavy atom. The predicted molar refractivity (Wildman–Crippen MR) is 47.2 cm³/mol. The molecule has 0 aromatic carbocycles. The van der Waals surface area contributed by atoms with E-state index in [1.165, 1.54) is 7.05 Å². The van der Waals surface area contributed by atoms with E-state index in [9.17, 15) is 9.70 Å². The van der Waals surface area contributed by atoms with Crippen LogP contribution in [0.2, 0.25) is 0 Å². The number of nitrogens with zero attached hydrogens (tertiary/aromatic N) is 1. The van der Waals surface area contributed by atoms with Gasteiger partial charge in [-0.05, 0) is 13.8 Å². The summed E-state index contributed by atoms with van der Waals surface area (Å²) in [4.78, 5) is 21.4. The largest absolute Gasteiger partial charge is 0.367 e. The standard InChI is InChI=1S/C8H14N2O3/c1-8(2)6(13-8)4-5(10-12)7(11)9-3/h5-6H,4H2,1-3H3,(H,9,11). The molecule has 1 aliphatic rings. The van der Waals surface area contributed by atoms with Gasteiger partial charge in [0.2, 0.25) is 5.91 Å². The summed E-state index contributed by atoms with van der Waals surface area (Å²) < 4.78 is 5.25. The molecule has 1 saturated heterocycles. The zero-order valence-corrected chi connectivity index (χ0v) is 8.03. The van der Waals surface area contributed by atoms with Gasteiger partial charge in [0.05, 0.1) is 11.7 Å². The molecule has 0 aliphatic carbocycles. The fourth-order valence-electron chi connectivity index (χ4n) is 1.23. The second kappa shape index (κ2) is 3.41. The zero-order valence-electron chi connectivity index (χ0n) is 8.03. The quantitative estimate of drug-likeness (QED) is 0.511. The smallest absolute Gasteiger partial charge is 0.248 e. The number of hydrogen-bond donors (Lipinski definition) is 1. The molecule has 1 aliphatic heterocycles. The van der Waals surface area contributed by atoms with Gasteiger partial charge in [0, 0.05) is 13.5 Å². The summed E-state index contributed by atoms with van der Waals surface area (Å²) in [6.07, 6.45) is 0.350. The molecular weight excluding hydrogens is 172 g/mol. The van der Waals surface area contributed by atoms with Crippen molar-refractivity contribution < 1.29 is 9.53 Å². The van der Waals surface area contributed by atoms with E-state index in [0.717, 1.165) is 0 Å². The molecule has 0 aromatic heterocycles. The van der Waals surface area contributed by atoms with E-state index in [1.807, 2.05) is 13.8 Å². The molecule has 5 heteroatoms. The lowest BCUT2D eigenvalue weighted by Gasteiger charge is -2.05. The second-order valence-corrected chi connectivity index (χ2v) is 3.68. The van der Waals surface area contributed by atoms with E-state index >= 15 is 0 Å². The number of hydrogen-bond acceptors (Lipinski definition) is 4. The highest BCUT2D eigenvalue weighted by molar-refractivity contribution is 5.81. The summed E-state index contributed by atoms with van der Waals surface area (Å²) >= 11 is 0. The summed E-state index contributed by atoms with van der Waals surface area (Å²) in [5.41, 5.74) is -0.197. The van der Waals surface area contributed by atoms with Crippen molar-refractivity contribution in [1.29, 1.82) is 0 Å². The Morgan fingerprint density at radius 2 is 2.23 bits per heavy atom. The zero-order chi connectivity index (χ0) is 10.1. The Bertz CT molecular complexity index is 227. The van der Waals surface area contributed by atoms with Gasteiger partial charge in [0.15, 0.2) is 6.04 Å². The van der Waals surface area contributed by atoms with Crippen LogP contribution in [0.3, 0.4) is 0 Å². The van der Waals surface area contributed by atoms with Crippen LogP contribution in [0.4, 0.5) is 0 Å². The average molecular weight is 186 g/mol. The maximum absolute atomic E-state index is 11.1. The Labute approximate surface area is 76.8 Å². The van der Waals surface area contributed by atoms with Crippen LogP contribution < -0.4 is 5.32 Å². The molecule has 0 saturated carbocycles. The second-order valence-electron chi connectivity index (χ2n) is 3.68. The summed E-state index contributed by atoms with van der Waals surface area (Å²) in [6, 6.07) is -0.822. The first-order chi connectivity index (χ1) is 6.01. The molecule has 5 nitrogen and oxygen atoms in total. The molecule has 13 heavy (non-hydrogen) atoms. The molecule has 74 valence electrons. The van der Waals surface area contributed by atoms with Crippen molar-refractivity contribution in [3.63, 3.8) is 0 Å². The third-order valence-corrected chi connectivity index (χ3v) is 2.28. The van der Waals surface area contributed by atoms with Crippen molar-refractivity contribution in [3.8, 4) is 0 Å². The minimum absolute atomic E-state index is 0.0208. The van der Waals surface area contributed by atoms with E-state index in [-0.39, 0.29) is 17.6 Å². The molecule has 0 radical (unpaired) electrons. The molecular formula is C8H14N2O3. The average Bonchev–Trinajstić information content (AvgIpc) is 2.68.